The Morgan fingerprint density at radius 2 is 2.00 bits per heavy atom. The number of hydrogen-bond acceptors (Lipinski definition) is 3. The highest BCUT2D eigenvalue weighted by Crippen LogP contribution is 2.11. The van der Waals surface area contributed by atoms with Gasteiger partial charge in [0.1, 0.15) is 0 Å². The number of benzene rings is 1. The van der Waals surface area contributed by atoms with E-state index in [-0.39, 0.29) is 18.0 Å². The van der Waals surface area contributed by atoms with Crippen LogP contribution in [0.3, 0.4) is 0 Å². The predicted molar refractivity (Wildman–Crippen MR) is 71.2 cm³/mol. The molecule has 4 heteroatoms. The summed E-state index contributed by atoms with van der Waals surface area (Å²) in [6.07, 6.45) is 2.00. The van der Waals surface area contributed by atoms with Gasteiger partial charge in [0.05, 0.1) is 6.04 Å². The van der Waals surface area contributed by atoms with Gasteiger partial charge in [-0.1, -0.05) is 43.7 Å². The molecule has 0 saturated heterocycles. The van der Waals surface area contributed by atoms with E-state index in [2.05, 4.69) is 10.8 Å². The molecule has 2 atom stereocenters. The summed E-state index contributed by atoms with van der Waals surface area (Å²) in [6, 6.07) is 9.64. The normalized spacial score (nSPS) is 13.9. The third-order valence-electron chi connectivity index (χ3n) is 2.93. The first-order valence-electron chi connectivity index (χ1n) is 6.41. The van der Waals surface area contributed by atoms with Crippen LogP contribution < -0.4 is 10.8 Å². The molecule has 18 heavy (non-hydrogen) atoms. The molecule has 1 aromatic carbocycles. The number of nitrogens with one attached hydrogen (secondary N) is 2. The maximum Gasteiger partial charge on any atom is 0.222 e. The zero-order valence-corrected chi connectivity index (χ0v) is 11.0. The Bertz CT molecular complexity index is 354. The molecule has 2 unspecified atom stereocenters. The lowest BCUT2D eigenvalue weighted by Crippen LogP contribution is -2.35. The molecule has 1 amide bonds. The predicted octanol–water partition coefficient (Wildman–Crippen LogP) is 2.40. The van der Waals surface area contributed by atoms with Gasteiger partial charge < -0.3 is 10.5 Å². The summed E-state index contributed by atoms with van der Waals surface area (Å²) in [5.41, 5.74) is 3.26. The molecular weight excluding hydrogens is 228 g/mol. The summed E-state index contributed by atoms with van der Waals surface area (Å²) in [4.78, 5) is 11.8. The molecule has 0 heterocycles. The Hall–Kier alpha value is -1.39. The van der Waals surface area contributed by atoms with E-state index in [1.54, 1.807) is 0 Å². The summed E-state index contributed by atoms with van der Waals surface area (Å²) in [5.74, 6) is -0.0497. The fraction of sp³-hybridized carbons (Fsp3) is 0.500. The van der Waals surface area contributed by atoms with Crippen molar-refractivity contribution < 1.29 is 10.0 Å². The smallest absolute Gasteiger partial charge is 0.222 e. The van der Waals surface area contributed by atoms with Crippen molar-refractivity contribution in [2.24, 2.45) is 0 Å². The Balaban J connectivity index is 2.44. The second-order valence-electron chi connectivity index (χ2n) is 4.52. The van der Waals surface area contributed by atoms with Crippen molar-refractivity contribution in [3.05, 3.63) is 35.9 Å². The Kier molecular flexibility index (Phi) is 6.39. The van der Waals surface area contributed by atoms with Crippen molar-refractivity contribution in [2.75, 3.05) is 0 Å². The maximum absolute atomic E-state index is 11.8. The molecule has 0 aliphatic rings. The fourth-order valence-corrected chi connectivity index (χ4v) is 1.91. The molecule has 0 aromatic heterocycles. The molecule has 0 bridgehead atoms. The van der Waals surface area contributed by atoms with E-state index in [4.69, 9.17) is 5.21 Å². The molecule has 100 valence electrons. The molecule has 0 aliphatic carbocycles. The number of amides is 1. The number of carbonyl (C=O) groups is 1. The van der Waals surface area contributed by atoms with Crippen LogP contribution in [0.5, 0.6) is 0 Å². The molecule has 0 spiro atoms. The van der Waals surface area contributed by atoms with Crippen molar-refractivity contribution in [2.45, 2.75) is 45.2 Å². The number of rotatable bonds is 7. The lowest BCUT2D eigenvalue weighted by atomic mass is 10.1. The lowest BCUT2D eigenvalue weighted by Gasteiger charge is -2.17. The molecular formula is C14H22N2O2. The van der Waals surface area contributed by atoms with Gasteiger partial charge in [0, 0.05) is 12.5 Å². The quantitative estimate of drug-likeness (QED) is 0.651. The van der Waals surface area contributed by atoms with Crippen LogP contribution in [-0.2, 0) is 4.79 Å². The zero-order valence-electron chi connectivity index (χ0n) is 11.0. The second-order valence-corrected chi connectivity index (χ2v) is 4.52. The van der Waals surface area contributed by atoms with E-state index < -0.39 is 0 Å². The summed E-state index contributed by atoms with van der Waals surface area (Å²) >= 11 is 0. The minimum Gasteiger partial charge on any atom is -0.350 e. The van der Waals surface area contributed by atoms with Gasteiger partial charge in [0.2, 0.25) is 5.91 Å². The molecule has 1 aromatic rings. The monoisotopic (exact) mass is 250 g/mol. The summed E-state index contributed by atoms with van der Waals surface area (Å²) in [5, 5.41) is 11.9. The molecule has 0 fully saturated rings. The van der Waals surface area contributed by atoms with Crippen LogP contribution in [0.25, 0.3) is 0 Å². The van der Waals surface area contributed by atoms with E-state index >= 15 is 0 Å². The highest BCUT2D eigenvalue weighted by atomic mass is 16.5. The van der Waals surface area contributed by atoms with E-state index in [9.17, 15) is 4.79 Å². The van der Waals surface area contributed by atoms with Crippen LogP contribution >= 0.6 is 0 Å². The standard InChI is InChI=1S/C14H22N2O2/c1-3-7-13(16-18)10-14(17)15-11(2)12-8-5-4-6-9-12/h4-6,8-9,11,13,16,18H,3,7,10H2,1-2H3,(H,15,17). The average Bonchev–Trinajstić information content (AvgIpc) is 2.39. The third-order valence-corrected chi connectivity index (χ3v) is 2.93. The van der Waals surface area contributed by atoms with Gasteiger partial charge in [-0.15, -0.1) is 0 Å². The van der Waals surface area contributed by atoms with Gasteiger partial charge in [-0.3, -0.25) is 4.79 Å². The zero-order chi connectivity index (χ0) is 13.4. The topological polar surface area (TPSA) is 61.4 Å². The number of hydroxylamine groups is 1. The van der Waals surface area contributed by atoms with Crippen LogP contribution in [-0.4, -0.2) is 17.2 Å². The van der Waals surface area contributed by atoms with Crippen LogP contribution in [0.2, 0.25) is 0 Å². The van der Waals surface area contributed by atoms with E-state index in [0.717, 1.165) is 18.4 Å². The van der Waals surface area contributed by atoms with Crippen molar-refractivity contribution in [1.29, 1.82) is 0 Å². The third kappa shape index (κ3) is 4.85. The van der Waals surface area contributed by atoms with Gasteiger partial charge in [-0.2, -0.15) is 0 Å². The summed E-state index contributed by atoms with van der Waals surface area (Å²) < 4.78 is 0. The van der Waals surface area contributed by atoms with Crippen molar-refractivity contribution in [3.63, 3.8) is 0 Å². The fourth-order valence-electron chi connectivity index (χ4n) is 1.91. The van der Waals surface area contributed by atoms with Crippen molar-refractivity contribution in [3.8, 4) is 0 Å². The van der Waals surface area contributed by atoms with Crippen LogP contribution in [0, 0.1) is 0 Å². The maximum atomic E-state index is 11.8. The van der Waals surface area contributed by atoms with Gasteiger partial charge in [-0.05, 0) is 18.9 Å². The second kappa shape index (κ2) is 7.84. The molecule has 0 aliphatic heterocycles. The molecule has 1 rings (SSSR count). The minimum absolute atomic E-state index is 0.0142. The molecule has 0 radical (unpaired) electrons. The highest BCUT2D eigenvalue weighted by molar-refractivity contribution is 5.77. The first-order valence-corrected chi connectivity index (χ1v) is 6.41. The summed E-state index contributed by atoms with van der Waals surface area (Å²) in [7, 11) is 0. The Morgan fingerprint density at radius 1 is 1.33 bits per heavy atom. The summed E-state index contributed by atoms with van der Waals surface area (Å²) in [6.45, 7) is 3.98. The first-order chi connectivity index (χ1) is 8.67. The SMILES string of the molecule is CCCC(CC(=O)NC(C)c1ccccc1)NO. The van der Waals surface area contributed by atoms with Crippen LogP contribution in [0.1, 0.15) is 44.7 Å². The molecule has 3 N–H and O–H groups in total. The van der Waals surface area contributed by atoms with Crippen LogP contribution in [0.15, 0.2) is 30.3 Å². The van der Waals surface area contributed by atoms with Gasteiger partial charge in [0.25, 0.3) is 0 Å². The van der Waals surface area contributed by atoms with Gasteiger partial charge >= 0.3 is 0 Å². The van der Waals surface area contributed by atoms with Gasteiger partial charge in [0.15, 0.2) is 0 Å². The highest BCUT2D eigenvalue weighted by Gasteiger charge is 2.14. The van der Waals surface area contributed by atoms with E-state index in [0.29, 0.717) is 6.42 Å². The van der Waals surface area contributed by atoms with Crippen LogP contribution in [0.4, 0.5) is 0 Å². The lowest BCUT2D eigenvalue weighted by molar-refractivity contribution is -0.122. The largest absolute Gasteiger partial charge is 0.350 e. The van der Waals surface area contributed by atoms with E-state index in [1.165, 1.54) is 0 Å². The van der Waals surface area contributed by atoms with Crippen molar-refractivity contribution >= 4 is 5.91 Å². The first kappa shape index (κ1) is 14.7. The van der Waals surface area contributed by atoms with Gasteiger partial charge in [-0.25, -0.2) is 5.48 Å². The molecule has 4 nitrogen and oxygen atoms in total. The molecule has 0 saturated carbocycles. The number of hydrogen-bond donors (Lipinski definition) is 3. The average molecular weight is 250 g/mol. The Labute approximate surface area is 108 Å². The Morgan fingerprint density at radius 3 is 2.56 bits per heavy atom. The minimum atomic E-state index is -0.169. The van der Waals surface area contributed by atoms with E-state index in [1.807, 2.05) is 44.2 Å². The van der Waals surface area contributed by atoms with Crippen molar-refractivity contribution in [1.82, 2.24) is 10.8 Å². The number of carbonyl (C=O) groups excluding carboxylic acids is 1.